The molecule has 1 saturated carbocycles. The maximum Gasteiger partial charge on any atom is 0.469 e. The molecule has 17 heavy (non-hydrogen) atoms. The quantitative estimate of drug-likeness (QED) is 0.529. The molecule has 0 aromatic carbocycles. The minimum absolute atomic E-state index is 0.0302. The second kappa shape index (κ2) is 7.46. The van der Waals surface area contributed by atoms with Gasteiger partial charge in [0.25, 0.3) is 0 Å². The summed E-state index contributed by atoms with van der Waals surface area (Å²) in [4.78, 5) is 19.3. The Balaban J connectivity index is 2.21. The van der Waals surface area contributed by atoms with Gasteiger partial charge in [-0.05, 0) is 25.2 Å². The Kier molecular flexibility index (Phi) is 6.62. The topological polar surface area (TPSA) is 90.2 Å². The molecule has 0 radical (unpaired) electrons. The van der Waals surface area contributed by atoms with Crippen molar-refractivity contribution >= 4 is 7.82 Å². The van der Waals surface area contributed by atoms with Crippen LogP contribution in [-0.4, -0.2) is 52.6 Å². The van der Waals surface area contributed by atoms with Crippen LogP contribution in [0.15, 0.2) is 0 Å². The minimum Gasteiger partial charge on any atom is -0.396 e. The van der Waals surface area contributed by atoms with Crippen molar-refractivity contribution in [2.24, 2.45) is 5.92 Å². The molecule has 3 N–H and O–H groups in total. The molecule has 0 spiro atoms. The number of hydrogen-bond acceptors (Lipinski definition) is 4. The lowest BCUT2D eigenvalue weighted by molar-refractivity contribution is 0.126. The molecule has 0 atom stereocenters. The molecule has 0 bridgehead atoms. The molecule has 0 heterocycles. The third-order valence-electron chi connectivity index (χ3n) is 3.04. The van der Waals surface area contributed by atoms with Crippen LogP contribution in [-0.2, 0) is 9.09 Å². The average molecular weight is 267 g/mol. The van der Waals surface area contributed by atoms with Crippen LogP contribution in [0.3, 0.4) is 0 Å². The van der Waals surface area contributed by atoms with Crippen molar-refractivity contribution in [3.63, 3.8) is 0 Å². The third kappa shape index (κ3) is 7.13. The molecule has 0 unspecified atom stereocenters. The maximum absolute atomic E-state index is 10.5. The van der Waals surface area contributed by atoms with Gasteiger partial charge in [0.15, 0.2) is 0 Å². The smallest absolute Gasteiger partial charge is 0.396 e. The number of phosphoric acid groups is 1. The van der Waals surface area contributed by atoms with Crippen LogP contribution in [0.2, 0.25) is 0 Å². The molecule has 0 aromatic rings. The molecule has 0 saturated heterocycles. The fraction of sp³-hybridized carbons (Fsp3) is 1.00. The van der Waals surface area contributed by atoms with E-state index >= 15 is 0 Å². The molecule has 1 fully saturated rings. The van der Waals surface area contributed by atoms with E-state index in [1.807, 2.05) is 0 Å². The lowest BCUT2D eigenvalue weighted by atomic mass is 9.85. The van der Waals surface area contributed by atoms with Gasteiger partial charge in [-0.3, -0.25) is 4.52 Å². The van der Waals surface area contributed by atoms with Gasteiger partial charge in [-0.2, -0.15) is 0 Å². The SMILES string of the molecule is O=P(O)(O)OCCN(CCCO)CC1CCC1. The number of aliphatic hydroxyl groups excluding tert-OH is 1. The molecule has 102 valence electrons. The predicted octanol–water partition coefficient (Wildman–Crippen LogP) is 0.580. The highest BCUT2D eigenvalue weighted by molar-refractivity contribution is 7.46. The van der Waals surface area contributed by atoms with E-state index in [2.05, 4.69) is 9.42 Å². The fourth-order valence-electron chi connectivity index (χ4n) is 1.92. The largest absolute Gasteiger partial charge is 0.469 e. The van der Waals surface area contributed by atoms with Crippen molar-refractivity contribution in [2.45, 2.75) is 25.7 Å². The van der Waals surface area contributed by atoms with E-state index in [0.717, 1.165) is 13.1 Å². The normalized spacial score (nSPS) is 17.4. The van der Waals surface area contributed by atoms with E-state index in [0.29, 0.717) is 18.9 Å². The van der Waals surface area contributed by atoms with Crippen molar-refractivity contribution in [1.29, 1.82) is 0 Å². The van der Waals surface area contributed by atoms with Gasteiger partial charge in [-0.15, -0.1) is 0 Å². The summed E-state index contributed by atoms with van der Waals surface area (Å²) in [5, 5.41) is 8.79. The first-order valence-electron chi connectivity index (χ1n) is 6.04. The number of rotatable bonds is 9. The first kappa shape index (κ1) is 15.1. The van der Waals surface area contributed by atoms with Gasteiger partial charge >= 0.3 is 7.82 Å². The van der Waals surface area contributed by atoms with Gasteiger partial charge in [0.2, 0.25) is 0 Å². The minimum atomic E-state index is -4.35. The summed E-state index contributed by atoms with van der Waals surface area (Å²) in [6.45, 7) is 2.35. The Bertz CT molecular complexity index is 253. The maximum atomic E-state index is 10.5. The summed E-state index contributed by atoms with van der Waals surface area (Å²) in [6.07, 6.45) is 4.42. The van der Waals surface area contributed by atoms with Crippen LogP contribution in [0.1, 0.15) is 25.7 Å². The Morgan fingerprint density at radius 2 is 2.00 bits per heavy atom. The molecule has 1 aliphatic carbocycles. The second-order valence-corrected chi connectivity index (χ2v) is 5.74. The zero-order chi connectivity index (χ0) is 12.7. The van der Waals surface area contributed by atoms with Crippen molar-refractivity contribution in [2.75, 3.05) is 32.8 Å². The van der Waals surface area contributed by atoms with E-state index in [4.69, 9.17) is 14.9 Å². The highest BCUT2D eigenvalue weighted by Crippen LogP contribution is 2.35. The summed E-state index contributed by atoms with van der Waals surface area (Å²) in [6, 6.07) is 0. The van der Waals surface area contributed by atoms with E-state index in [-0.39, 0.29) is 13.2 Å². The van der Waals surface area contributed by atoms with Crippen molar-refractivity contribution in [1.82, 2.24) is 4.90 Å². The van der Waals surface area contributed by atoms with E-state index in [9.17, 15) is 4.57 Å². The summed E-state index contributed by atoms with van der Waals surface area (Å²) in [5.74, 6) is 0.698. The fourth-order valence-corrected chi connectivity index (χ4v) is 2.24. The Morgan fingerprint density at radius 1 is 1.29 bits per heavy atom. The molecular formula is C10H22NO5P. The van der Waals surface area contributed by atoms with Gasteiger partial charge in [-0.1, -0.05) is 6.42 Å². The Morgan fingerprint density at radius 3 is 2.47 bits per heavy atom. The lowest BCUT2D eigenvalue weighted by Gasteiger charge is -2.32. The van der Waals surface area contributed by atoms with Gasteiger partial charge in [-0.25, -0.2) is 4.57 Å². The first-order valence-corrected chi connectivity index (χ1v) is 7.57. The number of aliphatic hydroxyl groups is 1. The Labute approximate surface area is 102 Å². The van der Waals surface area contributed by atoms with Crippen LogP contribution in [0, 0.1) is 5.92 Å². The van der Waals surface area contributed by atoms with Crippen LogP contribution >= 0.6 is 7.82 Å². The van der Waals surface area contributed by atoms with E-state index in [1.54, 1.807) is 0 Å². The van der Waals surface area contributed by atoms with Crippen molar-refractivity contribution in [3.05, 3.63) is 0 Å². The predicted molar refractivity (Wildman–Crippen MR) is 63.5 cm³/mol. The summed E-state index contributed by atoms with van der Waals surface area (Å²) < 4.78 is 15.0. The zero-order valence-corrected chi connectivity index (χ0v) is 10.9. The Hall–Kier alpha value is 0.0300. The molecule has 0 amide bonds. The molecule has 1 aliphatic rings. The van der Waals surface area contributed by atoms with Gasteiger partial charge < -0.3 is 19.8 Å². The first-order chi connectivity index (χ1) is 8.01. The van der Waals surface area contributed by atoms with E-state index in [1.165, 1.54) is 19.3 Å². The molecule has 0 aromatic heterocycles. The third-order valence-corrected chi connectivity index (χ3v) is 3.56. The van der Waals surface area contributed by atoms with Crippen LogP contribution in [0.5, 0.6) is 0 Å². The highest BCUT2D eigenvalue weighted by Gasteiger charge is 2.21. The molecule has 7 heteroatoms. The van der Waals surface area contributed by atoms with Gasteiger partial charge in [0, 0.05) is 26.2 Å². The zero-order valence-electron chi connectivity index (χ0n) is 9.99. The number of phosphoric ester groups is 1. The highest BCUT2D eigenvalue weighted by atomic mass is 31.2. The summed E-state index contributed by atoms with van der Waals surface area (Å²) >= 11 is 0. The van der Waals surface area contributed by atoms with Crippen molar-refractivity contribution < 1.29 is 24.0 Å². The van der Waals surface area contributed by atoms with E-state index < -0.39 is 7.82 Å². The number of hydrogen-bond donors (Lipinski definition) is 3. The summed E-state index contributed by atoms with van der Waals surface area (Å²) in [5.41, 5.74) is 0. The average Bonchev–Trinajstić information content (AvgIpc) is 2.16. The van der Waals surface area contributed by atoms with Crippen molar-refractivity contribution in [3.8, 4) is 0 Å². The van der Waals surface area contributed by atoms with Crippen LogP contribution in [0.4, 0.5) is 0 Å². The molecule has 1 rings (SSSR count). The molecule has 6 nitrogen and oxygen atoms in total. The lowest BCUT2D eigenvalue weighted by Crippen LogP contribution is -2.35. The molecule has 0 aliphatic heterocycles. The standard InChI is InChI=1S/C10H22NO5P/c12-7-2-5-11(9-10-3-1-4-10)6-8-16-17(13,14)15/h10,12H,1-9H2,(H2,13,14,15). The number of nitrogens with zero attached hydrogens (tertiary/aromatic N) is 1. The summed E-state index contributed by atoms with van der Waals surface area (Å²) in [7, 11) is -4.35. The van der Waals surface area contributed by atoms with Crippen LogP contribution < -0.4 is 0 Å². The monoisotopic (exact) mass is 267 g/mol. The second-order valence-electron chi connectivity index (χ2n) is 4.50. The van der Waals surface area contributed by atoms with Crippen LogP contribution in [0.25, 0.3) is 0 Å². The van der Waals surface area contributed by atoms with Gasteiger partial charge in [0.1, 0.15) is 0 Å². The molecular weight excluding hydrogens is 245 g/mol. The van der Waals surface area contributed by atoms with Gasteiger partial charge in [0.05, 0.1) is 6.61 Å².